The molecule has 5 aliphatic rings. The summed E-state index contributed by atoms with van der Waals surface area (Å²) in [5.41, 5.74) is 7.79. The first kappa shape index (κ1) is 19.6. The first-order chi connectivity index (χ1) is 14.0. The summed E-state index contributed by atoms with van der Waals surface area (Å²) in [6, 6.07) is 11.5. The lowest BCUT2D eigenvalue weighted by atomic mass is 9.38. The van der Waals surface area contributed by atoms with Gasteiger partial charge in [-0.15, -0.1) is 0 Å². The van der Waals surface area contributed by atoms with Crippen molar-refractivity contribution in [1.29, 1.82) is 0 Å². The molecular weight excluding hydrogens is 356 g/mol. The number of nitrogens with one attached hydrogen (secondary N) is 1. The van der Waals surface area contributed by atoms with Gasteiger partial charge in [-0.05, 0) is 99.0 Å². The molecule has 0 saturated heterocycles. The van der Waals surface area contributed by atoms with Gasteiger partial charge < -0.3 is 11.1 Å². The molecule has 5 aliphatic carbocycles. The van der Waals surface area contributed by atoms with Crippen molar-refractivity contribution in [2.45, 2.75) is 89.0 Å². The Bertz CT molecular complexity index is 755. The van der Waals surface area contributed by atoms with E-state index in [2.05, 4.69) is 42.6 Å². The van der Waals surface area contributed by atoms with Gasteiger partial charge in [0, 0.05) is 6.04 Å². The van der Waals surface area contributed by atoms with Crippen LogP contribution in [0.3, 0.4) is 0 Å². The molecule has 5 saturated carbocycles. The highest BCUT2D eigenvalue weighted by atomic mass is 16.2. The van der Waals surface area contributed by atoms with E-state index in [4.69, 9.17) is 5.73 Å². The van der Waals surface area contributed by atoms with Crippen LogP contribution in [0.15, 0.2) is 30.3 Å². The molecule has 29 heavy (non-hydrogen) atoms. The molecule has 3 nitrogen and oxygen atoms in total. The molecule has 4 bridgehead atoms. The predicted molar refractivity (Wildman–Crippen MR) is 117 cm³/mol. The van der Waals surface area contributed by atoms with Crippen LogP contribution in [0.5, 0.6) is 0 Å². The number of benzene rings is 1. The number of rotatable bonds is 5. The Balaban J connectivity index is 1.41. The zero-order chi connectivity index (χ0) is 20.1. The van der Waals surface area contributed by atoms with E-state index in [0.717, 1.165) is 38.6 Å². The normalized spacial score (nSPS) is 43.3. The third-order valence-electron chi connectivity index (χ3n) is 9.32. The van der Waals surface area contributed by atoms with Crippen LogP contribution >= 0.6 is 0 Å². The van der Waals surface area contributed by atoms with E-state index in [0.29, 0.717) is 29.2 Å². The molecule has 0 heterocycles. The number of nitrogens with two attached hydrogens (primary N) is 1. The minimum Gasteiger partial charge on any atom is -0.353 e. The quantitative estimate of drug-likeness (QED) is 0.743. The first-order valence-electron chi connectivity index (χ1n) is 12.1. The van der Waals surface area contributed by atoms with Gasteiger partial charge in [-0.1, -0.05) is 43.7 Å². The molecule has 1 aromatic rings. The van der Waals surface area contributed by atoms with Crippen LogP contribution in [0.4, 0.5) is 0 Å². The smallest absolute Gasteiger partial charge is 0.226 e. The molecule has 0 spiro atoms. The summed E-state index contributed by atoms with van der Waals surface area (Å²) in [4.78, 5) is 13.8. The lowest BCUT2D eigenvalue weighted by Crippen LogP contribution is -2.63. The van der Waals surface area contributed by atoms with E-state index in [1.54, 1.807) is 0 Å². The SMILES string of the molecule is CC[C@]12CC3CC(C(=O)NC4CCC(CN)CC4)(C1)C[C@@](c1ccccc1)(C3)C2. The van der Waals surface area contributed by atoms with Crippen molar-refractivity contribution < 1.29 is 4.79 Å². The highest BCUT2D eigenvalue weighted by molar-refractivity contribution is 5.84. The van der Waals surface area contributed by atoms with Crippen molar-refractivity contribution in [2.75, 3.05) is 6.54 Å². The molecule has 3 N–H and O–H groups in total. The van der Waals surface area contributed by atoms with Gasteiger partial charge in [0.2, 0.25) is 5.91 Å². The zero-order valence-corrected chi connectivity index (χ0v) is 18.1. The van der Waals surface area contributed by atoms with E-state index in [1.165, 1.54) is 44.1 Å². The van der Waals surface area contributed by atoms with Crippen LogP contribution in [0.25, 0.3) is 0 Å². The minimum atomic E-state index is -0.143. The molecule has 2 unspecified atom stereocenters. The second-order valence-electron chi connectivity index (χ2n) is 11.2. The van der Waals surface area contributed by atoms with Crippen molar-refractivity contribution in [3.63, 3.8) is 0 Å². The van der Waals surface area contributed by atoms with E-state index < -0.39 is 0 Å². The number of amides is 1. The molecule has 3 heteroatoms. The van der Waals surface area contributed by atoms with Gasteiger partial charge in [0.25, 0.3) is 0 Å². The average Bonchev–Trinajstić information content (AvgIpc) is 2.74. The summed E-state index contributed by atoms with van der Waals surface area (Å²) < 4.78 is 0. The Hall–Kier alpha value is -1.35. The molecule has 158 valence electrons. The molecule has 5 fully saturated rings. The number of hydrogen-bond donors (Lipinski definition) is 2. The fourth-order valence-corrected chi connectivity index (χ4v) is 8.28. The molecule has 0 radical (unpaired) electrons. The maximum atomic E-state index is 13.8. The van der Waals surface area contributed by atoms with E-state index >= 15 is 0 Å². The van der Waals surface area contributed by atoms with Crippen molar-refractivity contribution in [3.05, 3.63) is 35.9 Å². The Morgan fingerprint density at radius 2 is 1.79 bits per heavy atom. The Morgan fingerprint density at radius 3 is 2.48 bits per heavy atom. The van der Waals surface area contributed by atoms with Gasteiger partial charge in [-0.3, -0.25) is 4.79 Å². The van der Waals surface area contributed by atoms with Gasteiger partial charge in [-0.2, -0.15) is 0 Å². The Kier molecular flexibility index (Phi) is 4.81. The third kappa shape index (κ3) is 3.24. The number of carbonyl (C=O) groups excluding carboxylic acids is 1. The summed E-state index contributed by atoms with van der Waals surface area (Å²) in [6.07, 6.45) is 13.0. The van der Waals surface area contributed by atoms with Crippen LogP contribution < -0.4 is 11.1 Å². The number of carbonyl (C=O) groups is 1. The van der Waals surface area contributed by atoms with E-state index in [9.17, 15) is 4.79 Å². The summed E-state index contributed by atoms with van der Waals surface area (Å²) in [5.74, 6) is 1.76. The molecule has 0 aromatic heterocycles. The van der Waals surface area contributed by atoms with Crippen molar-refractivity contribution >= 4 is 5.91 Å². The third-order valence-corrected chi connectivity index (χ3v) is 9.32. The van der Waals surface area contributed by atoms with Gasteiger partial charge in [-0.25, -0.2) is 0 Å². The van der Waals surface area contributed by atoms with Crippen LogP contribution in [0.1, 0.15) is 83.1 Å². The summed E-state index contributed by atoms with van der Waals surface area (Å²) >= 11 is 0. The molecule has 4 atom stereocenters. The maximum Gasteiger partial charge on any atom is 0.226 e. The second-order valence-corrected chi connectivity index (χ2v) is 11.2. The van der Waals surface area contributed by atoms with Gasteiger partial charge in [0.1, 0.15) is 0 Å². The lowest BCUT2D eigenvalue weighted by Gasteiger charge is -2.66. The van der Waals surface area contributed by atoms with Crippen molar-refractivity contribution in [2.24, 2.45) is 28.4 Å². The van der Waals surface area contributed by atoms with E-state index in [1.807, 2.05) is 0 Å². The fraction of sp³-hybridized carbons (Fsp3) is 0.731. The number of hydrogen-bond acceptors (Lipinski definition) is 2. The Labute approximate surface area is 176 Å². The minimum absolute atomic E-state index is 0.143. The molecule has 1 aromatic carbocycles. The van der Waals surface area contributed by atoms with Gasteiger partial charge in [0.05, 0.1) is 5.41 Å². The molecule has 1 amide bonds. The Morgan fingerprint density at radius 1 is 1.03 bits per heavy atom. The topological polar surface area (TPSA) is 55.1 Å². The van der Waals surface area contributed by atoms with Crippen LogP contribution in [0, 0.1) is 22.7 Å². The standard InChI is InChI=1S/C26H38N2O/c1-2-24-12-20-13-25(16-24,21-6-4-3-5-7-21)18-26(14-20,17-24)23(29)28-22-10-8-19(15-27)9-11-22/h3-7,19-20,22H,2,8-18,27H2,1H3,(H,28,29)/t19?,20?,22?,24-,25-,26?/m1/s1. The van der Waals surface area contributed by atoms with E-state index in [-0.39, 0.29) is 10.8 Å². The molecular formula is C26H38N2O. The van der Waals surface area contributed by atoms with Crippen molar-refractivity contribution in [3.8, 4) is 0 Å². The zero-order valence-electron chi connectivity index (χ0n) is 18.1. The summed E-state index contributed by atoms with van der Waals surface area (Å²) in [6.45, 7) is 3.16. The van der Waals surface area contributed by atoms with Crippen LogP contribution in [-0.2, 0) is 10.2 Å². The van der Waals surface area contributed by atoms with Crippen LogP contribution in [-0.4, -0.2) is 18.5 Å². The maximum absolute atomic E-state index is 13.8. The molecule has 0 aliphatic heterocycles. The largest absolute Gasteiger partial charge is 0.353 e. The monoisotopic (exact) mass is 394 g/mol. The highest BCUT2D eigenvalue weighted by Crippen LogP contribution is 2.71. The fourth-order valence-electron chi connectivity index (χ4n) is 8.28. The van der Waals surface area contributed by atoms with Gasteiger partial charge >= 0.3 is 0 Å². The predicted octanol–water partition coefficient (Wildman–Crippen LogP) is 4.94. The summed E-state index contributed by atoms with van der Waals surface area (Å²) in [7, 11) is 0. The lowest BCUT2D eigenvalue weighted by molar-refractivity contribution is -0.164. The first-order valence-corrected chi connectivity index (χ1v) is 12.1. The average molecular weight is 395 g/mol. The summed E-state index contributed by atoms with van der Waals surface area (Å²) in [5, 5.41) is 3.55. The molecule has 6 rings (SSSR count). The van der Waals surface area contributed by atoms with Gasteiger partial charge in [0.15, 0.2) is 0 Å². The second kappa shape index (κ2) is 7.11. The van der Waals surface area contributed by atoms with Crippen LogP contribution in [0.2, 0.25) is 0 Å². The highest BCUT2D eigenvalue weighted by Gasteiger charge is 2.65. The van der Waals surface area contributed by atoms with Crippen molar-refractivity contribution in [1.82, 2.24) is 5.32 Å².